The Morgan fingerprint density at radius 3 is 2.15 bits per heavy atom. The third-order valence-corrected chi connectivity index (χ3v) is 7.82. The second kappa shape index (κ2) is 11.3. The van der Waals surface area contributed by atoms with Crippen molar-refractivity contribution in [2.75, 3.05) is 10.8 Å². The predicted molar refractivity (Wildman–Crippen MR) is 137 cm³/mol. The lowest BCUT2D eigenvalue weighted by atomic mass is 10.0. The summed E-state index contributed by atoms with van der Waals surface area (Å²) in [4.78, 5) is 11.4. The minimum absolute atomic E-state index is 0.254. The van der Waals surface area contributed by atoms with Crippen LogP contribution in [0, 0.1) is 0 Å². The molecule has 0 atom stereocenters. The van der Waals surface area contributed by atoms with Gasteiger partial charge in [0.1, 0.15) is 0 Å². The number of carboxylic acid groups (broad SMARTS) is 1. The third-order valence-electron chi connectivity index (χ3n) is 5.99. The Hall–Kier alpha value is -3.12. The van der Waals surface area contributed by atoms with Crippen LogP contribution >= 0.6 is 0 Å². The monoisotopic (exact) mass is 479 g/mol. The van der Waals surface area contributed by atoms with Crippen molar-refractivity contribution < 1.29 is 18.3 Å². The zero-order chi connectivity index (χ0) is 24.7. The lowest BCUT2D eigenvalue weighted by Crippen LogP contribution is -2.33. The number of benzene rings is 3. The number of sulfonamides is 1. The van der Waals surface area contributed by atoms with Crippen LogP contribution in [-0.2, 0) is 22.9 Å². The van der Waals surface area contributed by atoms with Crippen LogP contribution in [0.15, 0.2) is 77.7 Å². The molecule has 0 amide bonds. The number of aryl methyl sites for hydroxylation is 2. The normalized spacial score (nSPS) is 11.5. The van der Waals surface area contributed by atoms with E-state index >= 15 is 0 Å². The van der Waals surface area contributed by atoms with Gasteiger partial charge in [0.2, 0.25) is 0 Å². The molecule has 0 spiro atoms. The highest BCUT2D eigenvalue weighted by Crippen LogP contribution is 2.29. The SMILES string of the molecule is CCCCN(c1ccccc1CCc1ccc(C(=O)O)cc1)S(=O)(=O)c1ccc(C(C)C)cc1. The standard InChI is InChI=1S/C28H33NO4S/c1-4-5-20-29(34(32,33)26-18-16-23(17-19-26)21(2)3)27-9-7-6-8-24(27)13-10-22-11-14-25(15-12-22)28(30)31/h6-9,11-12,14-19,21H,4-5,10,13,20H2,1-3H3,(H,30,31). The number of carbonyl (C=O) groups is 1. The van der Waals surface area contributed by atoms with Crippen LogP contribution in [0.1, 0.15) is 66.6 Å². The first kappa shape index (κ1) is 25.5. The maximum atomic E-state index is 13.7. The van der Waals surface area contributed by atoms with E-state index in [2.05, 4.69) is 20.8 Å². The van der Waals surface area contributed by atoms with Gasteiger partial charge < -0.3 is 5.11 Å². The van der Waals surface area contributed by atoms with Crippen molar-refractivity contribution in [3.63, 3.8) is 0 Å². The summed E-state index contributed by atoms with van der Waals surface area (Å²) in [6.07, 6.45) is 2.97. The highest BCUT2D eigenvalue weighted by molar-refractivity contribution is 7.92. The van der Waals surface area contributed by atoms with Crippen LogP contribution in [0.4, 0.5) is 5.69 Å². The van der Waals surface area contributed by atoms with E-state index in [-0.39, 0.29) is 5.56 Å². The van der Waals surface area contributed by atoms with Gasteiger partial charge in [-0.15, -0.1) is 0 Å². The molecule has 3 aromatic carbocycles. The number of nitrogens with zero attached hydrogens (tertiary/aromatic N) is 1. The fourth-order valence-electron chi connectivity index (χ4n) is 3.88. The molecule has 0 aromatic heterocycles. The minimum Gasteiger partial charge on any atom is -0.478 e. The topological polar surface area (TPSA) is 74.7 Å². The largest absolute Gasteiger partial charge is 0.478 e. The van der Waals surface area contributed by atoms with Gasteiger partial charge in [-0.05, 0) is 72.2 Å². The summed E-state index contributed by atoms with van der Waals surface area (Å²) in [6.45, 7) is 6.63. The summed E-state index contributed by atoms with van der Waals surface area (Å²) in [5.74, 6) is -0.617. The van der Waals surface area contributed by atoms with E-state index in [1.54, 1.807) is 28.6 Å². The number of unbranched alkanes of at least 4 members (excludes halogenated alkanes) is 1. The number of hydrogen-bond donors (Lipinski definition) is 1. The van der Waals surface area contributed by atoms with E-state index < -0.39 is 16.0 Å². The summed E-state index contributed by atoms with van der Waals surface area (Å²) < 4.78 is 29.0. The zero-order valence-corrected chi connectivity index (χ0v) is 20.9. The number of para-hydroxylation sites is 1. The molecule has 0 bridgehead atoms. The van der Waals surface area contributed by atoms with E-state index in [0.717, 1.165) is 29.5 Å². The van der Waals surface area contributed by atoms with Crippen molar-refractivity contribution in [2.45, 2.75) is 57.3 Å². The predicted octanol–water partition coefficient (Wildman–Crippen LogP) is 6.29. The molecule has 0 saturated heterocycles. The molecule has 0 fully saturated rings. The molecule has 5 nitrogen and oxygen atoms in total. The van der Waals surface area contributed by atoms with Gasteiger partial charge in [0.05, 0.1) is 16.1 Å². The van der Waals surface area contributed by atoms with Gasteiger partial charge in [0.25, 0.3) is 10.0 Å². The number of carboxylic acids is 1. The second-order valence-corrected chi connectivity index (χ2v) is 10.6. The Balaban J connectivity index is 1.91. The number of anilines is 1. The lowest BCUT2D eigenvalue weighted by molar-refractivity contribution is 0.0697. The highest BCUT2D eigenvalue weighted by Gasteiger charge is 2.26. The van der Waals surface area contributed by atoms with Crippen molar-refractivity contribution in [1.29, 1.82) is 0 Å². The molecular formula is C28H33NO4S. The molecule has 0 heterocycles. The third kappa shape index (κ3) is 6.06. The van der Waals surface area contributed by atoms with Gasteiger partial charge in [0, 0.05) is 6.54 Å². The molecule has 3 aromatic rings. The average Bonchev–Trinajstić information content (AvgIpc) is 2.83. The van der Waals surface area contributed by atoms with Crippen molar-refractivity contribution in [2.24, 2.45) is 0 Å². The highest BCUT2D eigenvalue weighted by atomic mass is 32.2. The van der Waals surface area contributed by atoms with Gasteiger partial charge in [0.15, 0.2) is 0 Å². The average molecular weight is 480 g/mol. The first-order valence-corrected chi connectivity index (χ1v) is 13.2. The van der Waals surface area contributed by atoms with E-state index in [1.165, 1.54) is 0 Å². The van der Waals surface area contributed by atoms with Gasteiger partial charge in [-0.1, -0.05) is 69.7 Å². The Kier molecular flexibility index (Phi) is 8.51. The van der Waals surface area contributed by atoms with Crippen molar-refractivity contribution >= 4 is 21.7 Å². The van der Waals surface area contributed by atoms with Gasteiger partial charge in [-0.2, -0.15) is 0 Å². The summed E-state index contributed by atoms with van der Waals surface area (Å²) in [5.41, 5.74) is 4.01. The summed E-state index contributed by atoms with van der Waals surface area (Å²) >= 11 is 0. The molecular weight excluding hydrogens is 446 g/mol. The second-order valence-electron chi connectivity index (χ2n) is 8.79. The lowest BCUT2D eigenvalue weighted by Gasteiger charge is -2.27. The van der Waals surface area contributed by atoms with E-state index in [0.29, 0.717) is 35.9 Å². The summed E-state index contributed by atoms with van der Waals surface area (Å²) in [5, 5.41) is 9.10. The minimum atomic E-state index is -3.72. The van der Waals surface area contributed by atoms with Crippen LogP contribution in [0.3, 0.4) is 0 Å². The first-order chi connectivity index (χ1) is 16.2. The Morgan fingerprint density at radius 2 is 1.56 bits per heavy atom. The first-order valence-electron chi connectivity index (χ1n) is 11.8. The van der Waals surface area contributed by atoms with Crippen LogP contribution < -0.4 is 4.31 Å². The van der Waals surface area contributed by atoms with Gasteiger partial charge in [-0.3, -0.25) is 4.31 Å². The van der Waals surface area contributed by atoms with E-state index in [1.807, 2.05) is 48.5 Å². The van der Waals surface area contributed by atoms with E-state index in [9.17, 15) is 13.2 Å². The zero-order valence-electron chi connectivity index (χ0n) is 20.1. The van der Waals surface area contributed by atoms with Crippen LogP contribution in [0.2, 0.25) is 0 Å². The van der Waals surface area contributed by atoms with Gasteiger partial charge in [-0.25, -0.2) is 13.2 Å². The van der Waals surface area contributed by atoms with Crippen molar-refractivity contribution in [3.05, 3.63) is 95.1 Å². The Labute approximate surface area is 203 Å². The summed E-state index contributed by atoms with van der Waals surface area (Å²) in [7, 11) is -3.72. The number of aromatic carboxylic acids is 1. The van der Waals surface area contributed by atoms with Crippen molar-refractivity contribution in [3.8, 4) is 0 Å². The Morgan fingerprint density at radius 1 is 0.912 bits per heavy atom. The summed E-state index contributed by atoms with van der Waals surface area (Å²) in [6, 6.07) is 21.7. The smallest absolute Gasteiger partial charge is 0.335 e. The molecule has 34 heavy (non-hydrogen) atoms. The molecule has 0 aliphatic heterocycles. The fourth-order valence-corrected chi connectivity index (χ4v) is 5.42. The Bertz CT molecular complexity index is 1200. The maximum Gasteiger partial charge on any atom is 0.335 e. The molecule has 1 N–H and O–H groups in total. The molecule has 0 radical (unpaired) electrons. The van der Waals surface area contributed by atoms with Crippen LogP contribution in [0.5, 0.6) is 0 Å². The molecule has 3 rings (SSSR count). The molecule has 6 heteroatoms. The fraction of sp³-hybridized carbons (Fsp3) is 0.321. The van der Waals surface area contributed by atoms with Crippen molar-refractivity contribution in [1.82, 2.24) is 0 Å². The molecule has 0 unspecified atom stereocenters. The number of rotatable bonds is 11. The van der Waals surface area contributed by atoms with E-state index in [4.69, 9.17) is 5.11 Å². The molecule has 180 valence electrons. The van der Waals surface area contributed by atoms with Crippen LogP contribution in [0.25, 0.3) is 0 Å². The molecule has 0 saturated carbocycles. The molecule has 0 aliphatic rings. The maximum absolute atomic E-state index is 13.7. The molecule has 0 aliphatic carbocycles. The van der Waals surface area contributed by atoms with Gasteiger partial charge >= 0.3 is 5.97 Å². The van der Waals surface area contributed by atoms with Crippen LogP contribution in [-0.4, -0.2) is 26.0 Å². The quantitative estimate of drug-likeness (QED) is 0.351. The number of hydrogen-bond acceptors (Lipinski definition) is 3.